The van der Waals surface area contributed by atoms with Gasteiger partial charge in [0.05, 0.1) is 4.92 Å². The summed E-state index contributed by atoms with van der Waals surface area (Å²) in [6.07, 6.45) is 1.01. The number of amides is 1. The van der Waals surface area contributed by atoms with Crippen LogP contribution in [0.25, 0.3) is 0 Å². The van der Waals surface area contributed by atoms with E-state index >= 15 is 0 Å². The molecule has 11 heteroatoms. The minimum absolute atomic E-state index is 0. The smallest absolute Gasteiger partial charge is 0.345 e. The molecule has 0 radical (unpaired) electrons. The van der Waals surface area contributed by atoms with Gasteiger partial charge in [-0.15, -0.1) is 12.4 Å². The molecule has 0 aliphatic heterocycles. The van der Waals surface area contributed by atoms with Gasteiger partial charge in [0.15, 0.2) is 10.7 Å². The van der Waals surface area contributed by atoms with E-state index in [1.807, 2.05) is 0 Å². The average molecular weight is 415 g/mol. The molecule has 3 N–H and O–H groups in total. The fourth-order valence-electron chi connectivity index (χ4n) is 2.02. The molecular formula is C16H19ClN4O5S. The van der Waals surface area contributed by atoms with Crippen LogP contribution >= 0.6 is 23.7 Å². The number of para-hydroxylation sites is 1. The quantitative estimate of drug-likeness (QED) is 0.252. The second-order valence-electron chi connectivity index (χ2n) is 6.48. The van der Waals surface area contributed by atoms with E-state index in [2.05, 4.69) is 10.3 Å². The molecule has 0 saturated carbocycles. The lowest BCUT2D eigenvalue weighted by Crippen LogP contribution is -2.66. The highest BCUT2D eigenvalue weighted by molar-refractivity contribution is 7.18. The highest BCUT2D eigenvalue weighted by Crippen LogP contribution is 2.33. The number of aromatic nitrogens is 1. The second kappa shape index (κ2) is 8.42. The van der Waals surface area contributed by atoms with Gasteiger partial charge < -0.3 is 10.5 Å². The molecule has 0 aliphatic rings. The summed E-state index contributed by atoms with van der Waals surface area (Å²) in [4.78, 5) is 39.3. The van der Waals surface area contributed by atoms with Gasteiger partial charge >= 0.3 is 11.0 Å². The maximum Gasteiger partial charge on any atom is 0.345 e. The summed E-state index contributed by atoms with van der Waals surface area (Å²) in [6, 6.07) is 8.21. The van der Waals surface area contributed by atoms with Crippen molar-refractivity contribution in [3.05, 3.63) is 46.6 Å². The van der Waals surface area contributed by atoms with Gasteiger partial charge in [-0.3, -0.25) is 20.2 Å². The number of rotatable bonds is 5. The zero-order chi connectivity index (χ0) is 19.5. The van der Waals surface area contributed by atoms with Crippen LogP contribution in [0.15, 0.2) is 36.5 Å². The first kappa shape index (κ1) is 22.5. The number of hydrogen-bond acceptors (Lipinski definition) is 8. The largest absolute Gasteiger partial charge is 0.425 e. The SMILES string of the molecule is CC(C)(C)[C@](N)(C(=O)Nc1ncc([N+](=O)[O-])s1)C(=O)Oc1ccccc1.Cl. The number of nitrogens with zero attached hydrogens (tertiary/aromatic N) is 2. The summed E-state index contributed by atoms with van der Waals surface area (Å²) >= 11 is 0.662. The maximum absolute atomic E-state index is 12.8. The van der Waals surface area contributed by atoms with Crippen molar-refractivity contribution in [2.45, 2.75) is 26.3 Å². The maximum atomic E-state index is 12.8. The molecule has 0 saturated heterocycles. The van der Waals surface area contributed by atoms with Crippen LogP contribution < -0.4 is 15.8 Å². The van der Waals surface area contributed by atoms with E-state index in [0.29, 0.717) is 11.3 Å². The van der Waals surface area contributed by atoms with E-state index < -0.39 is 27.8 Å². The molecular weight excluding hydrogens is 396 g/mol. The van der Waals surface area contributed by atoms with Crippen molar-refractivity contribution in [2.24, 2.45) is 11.1 Å². The second-order valence-corrected chi connectivity index (χ2v) is 7.48. The van der Waals surface area contributed by atoms with Gasteiger partial charge in [0, 0.05) is 0 Å². The highest BCUT2D eigenvalue weighted by atomic mass is 35.5. The number of benzene rings is 1. The first-order chi connectivity index (χ1) is 12.1. The third-order valence-electron chi connectivity index (χ3n) is 3.71. The summed E-state index contributed by atoms with van der Waals surface area (Å²) in [5.74, 6) is -1.57. The minimum atomic E-state index is -2.05. The predicted molar refractivity (Wildman–Crippen MR) is 103 cm³/mol. The van der Waals surface area contributed by atoms with E-state index in [0.717, 1.165) is 6.20 Å². The Morgan fingerprint density at radius 3 is 2.33 bits per heavy atom. The number of hydrogen-bond donors (Lipinski definition) is 2. The molecule has 0 aliphatic carbocycles. The highest BCUT2D eigenvalue weighted by Gasteiger charge is 2.53. The van der Waals surface area contributed by atoms with Gasteiger partial charge in [-0.2, -0.15) is 0 Å². The van der Waals surface area contributed by atoms with Crippen LogP contribution in [0.5, 0.6) is 5.75 Å². The fraction of sp³-hybridized carbons (Fsp3) is 0.312. The van der Waals surface area contributed by atoms with E-state index in [-0.39, 0.29) is 28.3 Å². The standard InChI is InChI=1S/C16H18N4O5S.ClH/c1-15(2,3)16(17,13(22)25-10-7-5-4-6-8-10)12(21)19-14-18-9-11(26-14)20(23)24;/h4-9H,17H2,1-3H3,(H,18,19,21);1H/t16-;/m0./s1. The van der Waals surface area contributed by atoms with Crippen molar-refractivity contribution in [3.63, 3.8) is 0 Å². The number of nitrogens with two attached hydrogens (primary N) is 1. The number of carbonyl (C=O) groups excluding carboxylic acids is 2. The molecule has 0 unspecified atom stereocenters. The monoisotopic (exact) mass is 414 g/mol. The summed E-state index contributed by atoms with van der Waals surface area (Å²) in [7, 11) is 0. The van der Waals surface area contributed by atoms with Gasteiger partial charge in [-0.05, 0) is 28.9 Å². The molecule has 1 aromatic carbocycles. The number of halogens is 1. The zero-order valence-corrected chi connectivity index (χ0v) is 16.4. The van der Waals surface area contributed by atoms with Gasteiger partial charge in [0.1, 0.15) is 11.9 Å². The minimum Gasteiger partial charge on any atom is -0.425 e. The van der Waals surface area contributed by atoms with Crippen molar-refractivity contribution >= 4 is 45.8 Å². The number of carbonyl (C=O) groups is 2. The topological polar surface area (TPSA) is 137 Å². The van der Waals surface area contributed by atoms with Crippen LogP contribution in [-0.2, 0) is 9.59 Å². The van der Waals surface area contributed by atoms with E-state index in [9.17, 15) is 19.7 Å². The summed E-state index contributed by atoms with van der Waals surface area (Å²) in [6.45, 7) is 4.84. The molecule has 1 aromatic heterocycles. The van der Waals surface area contributed by atoms with Crippen LogP contribution in [0.4, 0.5) is 10.1 Å². The predicted octanol–water partition coefficient (Wildman–Crippen LogP) is 2.76. The Balaban J connectivity index is 0.00000364. The molecule has 1 heterocycles. The Morgan fingerprint density at radius 1 is 1.26 bits per heavy atom. The van der Waals surface area contributed by atoms with Gasteiger partial charge in [-0.25, -0.2) is 9.78 Å². The number of nitro groups is 1. The molecule has 2 aromatic rings. The molecule has 9 nitrogen and oxygen atoms in total. The van der Waals surface area contributed by atoms with Gasteiger partial charge in [0.2, 0.25) is 0 Å². The normalized spacial score (nSPS) is 13.0. The molecule has 2 rings (SSSR count). The molecule has 1 amide bonds. The molecule has 1 atom stereocenters. The Bertz CT molecular complexity index is 837. The lowest BCUT2D eigenvalue weighted by Gasteiger charge is -2.37. The van der Waals surface area contributed by atoms with E-state index in [4.69, 9.17) is 10.5 Å². The Labute approximate surface area is 165 Å². The Morgan fingerprint density at radius 2 is 1.85 bits per heavy atom. The van der Waals surface area contributed by atoms with Crippen molar-refractivity contribution < 1.29 is 19.2 Å². The van der Waals surface area contributed by atoms with E-state index in [1.54, 1.807) is 51.1 Å². The van der Waals surface area contributed by atoms with E-state index in [1.165, 1.54) is 0 Å². The van der Waals surface area contributed by atoms with Gasteiger partial charge in [0.25, 0.3) is 5.91 Å². The first-order valence-corrected chi connectivity index (χ1v) is 8.35. The molecule has 27 heavy (non-hydrogen) atoms. The molecule has 0 spiro atoms. The van der Waals surface area contributed by atoms with Crippen LogP contribution in [-0.4, -0.2) is 27.3 Å². The number of esters is 1. The fourth-order valence-corrected chi connectivity index (χ4v) is 2.65. The summed E-state index contributed by atoms with van der Waals surface area (Å²) in [5, 5.41) is 12.8. The van der Waals surface area contributed by atoms with Crippen LogP contribution in [0.2, 0.25) is 0 Å². The third kappa shape index (κ3) is 4.79. The average Bonchev–Trinajstić information content (AvgIpc) is 3.02. The van der Waals surface area contributed by atoms with Crippen LogP contribution in [0.3, 0.4) is 0 Å². The summed E-state index contributed by atoms with van der Waals surface area (Å²) < 4.78 is 5.26. The lowest BCUT2D eigenvalue weighted by molar-refractivity contribution is -0.380. The molecule has 146 valence electrons. The lowest BCUT2D eigenvalue weighted by atomic mass is 9.73. The van der Waals surface area contributed by atoms with Crippen LogP contribution in [0.1, 0.15) is 20.8 Å². The number of thiazole rings is 1. The first-order valence-electron chi connectivity index (χ1n) is 7.53. The Hall–Kier alpha value is -2.56. The summed E-state index contributed by atoms with van der Waals surface area (Å²) in [5.41, 5.74) is 3.12. The number of nitrogens with one attached hydrogen (secondary N) is 1. The van der Waals surface area contributed by atoms with Crippen molar-refractivity contribution in [2.75, 3.05) is 5.32 Å². The van der Waals surface area contributed by atoms with Crippen molar-refractivity contribution in [1.82, 2.24) is 4.98 Å². The van der Waals surface area contributed by atoms with Crippen molar-refractivity contribution in [1.29, 1.82) is 0 Å². The molecule has 0 fully saturated rings. The number of ether oxygens (including phenoxy) is 1. The van der Waals surface area contributed by atoms with Gasteiger partial charge in [-0.1, -0.05) is 39.0 Å². The zero-order valence-electron chi connectivity index (χ0n) is 14.8. The van der Waals surface area contributed by atoms with Crippen molar-refractivity contribution in [3.8, 4) is 5.75 Å². The number of anilines is 1. The Kier molecular flexibility index (Phi) is 7.01. The van der Waals surface area contributed by atoms with Crippen LogP contribution in [0, 0.1) is 15.5 Å². The molecule has 0 bridgehead atoms. The third-order valence-corrected chi connectivity index (χ3v) is 4.58.